The highest BCUT2D eigenvalue weighted by Gasteiger charge is 2.17. The molecule has 2 nitrogen and oxygen atoms in total. The molecule has 0 saturated carbocycles. The molecule has 0 spiro atoms. The summed E-state index contributed by atoms with van der Waals surface area (Å²) < 4.78 is 2.40. The van der Waals surface area contributed by atoms with Crippen LogP contribution < -0.4 is 4.90 Å². The van der Waals surface area contributed by atoms with Crippen LogP contribution in [0.5, 0.6) is 0 Å². The van der Waals surface area contributed by atoms with Gasteiger partial charge >= 0.3 is 0 Å². The third-order valence-corrected chi connectivity index (χ3v) is 9.17. The van der Waals surface area contributed by atoms with Gasteiger partial charge in [-0.15, -0.1) is 0 Å². The Kier molecular flexibility index (Phi) is 6.17. The van der Waals surface area contributed by atoms with Gasteiger partial charge in [0.05, 0.1) is 11.0 Å². The van der Waals surface area contributed by atoms with Crippen LogP contribution in [0.3, 0.4) is 0 Å². The van der Waals surface area contributed by atoms with Gasteiger partial charge in [0.15, 0.2) is 0 Å². The fraction of sp³-hybridized carbons (Fsp3) is 0. The molecule has 0 aliphatic heterocycles. The maximum atomic E-state index is 2.40. The topological polar surface area (TPSA) is 8.17 Å². The highest BCUT2D eigenvalue weighted by Crippen LogP contribution is 2.39. The summed E-state index contributed by atoms with van der Waals surface area (Å²) in [5, 5.41) is 7.65. The number of hydrogen-bond acceptors (Lipinski definition) is 1. The molecular weight excluding hydrogens is 556 g/mol. The summed E-state index contributed by atoms with van der Waals surface area (Å²) in [5.41, 5.74) is 9.38. The van der Waals surface area contributed by atoms with E-state index in [9.17, 15) is 0 Å². The van der Waals surface area contributed by atoms with E-state index in [1.165, 1.54) is 54.5 Å². The summed E-state index contributed by atoms with van der Waals surface area (Å²) in [5.74, 6) is 0. The summed E-state index contributed by atoms with van der Waals surface area (Å²) in [6.07, 6.45) is 0. The number of aromatic nitrogens is 1. The zero-order valence-corrected chi connectivity index (χ0v) is 25.2. The molecule has 0 amide bonds. The SMILES string of the molecule is c1ccc(N(c2ccc(-c3cccc4ccccc34)cc2)c2ccc(-n3c4ccccc4c4c5ccccc5ccc43)cc2)cc1. The van der Waals surface area contributed by atoms with Crippen molar-refractivity contribution in [2.75, 3.05) is 4.90 Å². The van der Waals surface area contributed by atoms with Gasteiger partial charge in [0.25, 0.3) is 0 Å². The second kappa shape index (κ2) is 10.8. The van der Waals surface area contributed by atoms with Crippen molar-refractivity contribution in [2.24, 2.45) is 0 Å². The molecule has 0 radical (unpaired) electrons. The Labute approximate surface area is 268 Å². The van der Waals surface area contributed by atoms with Gasteiger partial charge in [-0.25, -0.2) is 0 Å². The molecule has 0 aliphatic carbocycles. The van der Waals surface area contributed by atoms with Gasteiger partial charge in [-0.3, -0.25) is 0 Å². The molecule has 0 N–H and O–H groups in total. The maximum absolute atomic E-state index is 2.40. The van der Waals surface area contributed by atoms with Crippen molar-refractivity contribution in [1.82, 2.24) is 4.57 Å². The minimum absolute atomic E-state index is 1.11. The highest BCUT2D eigenvalue weighted by molar-refractivity contribution is 6.21. The van der Waals surface area contributed by atoms with Crippen molar-refractivity contribution < 1.29 is 0 Å². The summed E-state index contributed by atoms with van der Waals surface area (Å²) in [6, 6.07) is 65.6. The van der Waals surface area contributed by atoms with Crippen LogP contribution >= 0.6 is 0 Å². The van der Waals surface area contributed by atoms with E-state index < -0.39 is 0 Å². The molecule has 8 aromatic carbocycles. The molecule has 0 fully saturated rings. The Hall–Kier alpha value is -6.12. The third-order valence-electron chi connectivity index (χ3n) is 9.17. The van der Waals surface area contributed by atoms with Crippen LogP contribution in [0.2, 0.25) is 0 Å². The van der Waals surface area contributed by atoms with E-state index in [1.807, 2.05) is 0 Å². The summed E-state index contributed by atoms with van der Waals surface area (Å²) in [7, 11) is 0. The lowest BCUT2D eigenvalue weighted by Crippen LogP contribution is -2.10. The van der Waals surface area contributed by atoms with Crippen molar-refractivity contribution in [2.45, 2.75) is 0 Å². The quantitative estimate of drug-likeness (QED) is 0.195. The Morgan fingerprint density at radius 2 is 0.913 bits per heavy atom. The molecular formula is C44H30N2. The molecule has 216 valence electrons. The van der Waals surface area contributed by atoms with Crippen LogP contribution in [0.25, 0.3) is 60.2 Å². The normalized spacial score (nSPS) is 11.5. The van der Waals surface area contributed by atoms with E-state index in [1.54, 1.807) is 0 Å². The zero-order valence-electron chi connectivity index (χ0n) is 25.2. The summed E-state index contributed by atoms with van der Waals surface area (Å²) in [4.78, 5) is 2.33. The van der Waals surface area contributed by atoms with Gasteiger partial charge in [0.1, 0.15) is 0 Å². The predicted molar refractivity (Wildman–Crippen MR) is 196 cm³/mol. The van der Waals surface area contributed by atoms with Gasteiger partial charge in [-0.05, 0) is 93.3 Å². The van der Waals surface area contributed by atoms with Crippen molar-refractivity contribution in [1.29, 1.82) is 0 Å². The molecule has 1 aromatic heterocycles. The fourth-order valence-corrected chi connectivity index (χ4v) is 7.06. The number of anilines is 3. The van der Waals surface area contributed by atoms with Crippen molar-refractivity contribution in [3.63, 3.8) is 0 Å². The molecule has 0 aliphatic rings. The van der Waals surface area contributed by atoms with Gasteiger partial charge in [0, 0.05) is 33.5 Å². The zero-order chi connectivity index (χ0) is 30.5. The smallest absolute Gasteiger partial charge is 0.0547 e. The van der Waals surface area contributed by atoms with Gasteiger partial charge < -0.3 is 9.47 Å². The number of benzene rings is 8. The molecule has 0 atom stereocenters. The van der Waals surface area contributed by atoms with Crippen LogP contribution in [-0.4, -0.2) is 4.57 Å². The van der Waals surface area contributed by atoms with Crippen LogP contribution in [0.4, 0.5) is 17.1 Å². The summed E-state index contributed by atoms with van der Waals surface area (Å²) >= 11 is 0. The van der Waals surface area contributed by atoms with Crippen LogP contribution in [0, 0.1) is 0 Å². The van der Waals surface area contributed by atoms with Crippen molar-refractivity contribution >= 4 is 60.4 Å². The number of fused-ring (bicyclic) bond motifs is 6. The standard InChI is InChI=1S/C44H30N2/c1-2-14-34(15-3-1)45(35-24-21-33(22-25-35)39-19-10-13-31-11-4-6-16-38(31)39)36-26-28-37(29-27-36)46-42-20-9-8-18-41(42)44-40-17-7-5-12-32(40)23-30-43(44)46/h1-30H. The van der Waals surface area contributed by atoms with Gasteiger partial charge in [-0.1, -0.05) is 121 Å². The first kappa shape index (κ1) is 26.3. The van der Waals surface area contributed by atoms with E-state index >= 15 is 0 Å². The molecule has 1 heterocycles. The van der Waals surface area contributed by atoms with E-state index in [-0.39, 0.29) is 0 Å². The maximum Gasteiger partial charge on any atom is 0.0547 e. The molecule has 0 saturated heterocycles. The van der Waals surface area contributed by atoms with E-state index in [0.29, 0.717) is 0 Å². The lowest BCUT2D eigenvalue weighted by atomic mass is 9.98. The predicted octanol–water partition coefficient (Wildman–Crippen LogP) is 12.2. The molecule has 46 heavy (non-hydrogen) atoms. The lowest BCUT2D eigenvalue weighted by Gasteiger charge is -2.26. The molecule has 0 bridgehead atoms. The van der Waals surface area contributed by atoms with Crippen LogP contribution in [0.15, 0.2) is 182 Å². The average Bonchev–Trinajstić information content (AvgIpc) is 3.47. The Morgan fingerprint density at radius 3 is 1.67 bits per heavy atom. The Bertz CT molecular complexity index is 2500. The lowest BCUT2D eigenvalue weighted by molar-refractivity contribution is 1.17. The van der Waals surface area contributed by atoms with E-state index in [2.05, 4.69) is 191 Å². The van der Waals surface area contributed by atoms with Crippen molar-refractivity contribution in [3.8, 4) is 16.8 Å². The Morgan fingerprint density at radius 1 is 0.348 bits per heavy atom. The molecule has 9 aromatic rings. The van der Waals surface area contributed by atoms with E-state index in [0.717, 1.165) is 22.7 Å². The van der Waals surface area contributed by atoms with Crippen LogP contribution in [-0.2, 0) is 0 Å². The largest absolute Gasteiger partial charge is 0.311 e. The van der Waals surface area contributed by atoms with Crippen LogP contribution in [0.1, 0.15) is 0 Å². The second-order valence-electron chi connectivity index (χ2n) is 11.8. The van der Waals surface area contributed by atoms with Gasteiger partial charge in [-0.2, -0.15) is 0 Å². The second-order valence-corrected chi connectivity index (χ2v) is 11.8. The monoisotopic (exact) mass is 586 g/mol. The first-order valence-electron chi connectivity index (χ1n) is 15.8. The average molecular weight is 587 g/mol. The first-order chi connectivity index (χ1) is 22.8. The van der Waals surface area contributed by atoms with E-state index in [4.69, 9.17) is 0 Å². The molecule has 0 unspecified atom stereocenters. The molecule has 2 heteroatoms. The number of rotatable bonds is 5. The van der Waals surface area contributed by atoms with Crippen molar-refractivity contribution in [3.05, 3.63) is 182 Å². The third kappa shape index (κ3) is 4.27. The fourth-order valence-electron chi connectivity index (χ4n) is 7.06. The Balaban J connectivity index is 1.15. The minimum atomic E-state index is 1.11. The van der Waals surface area contributed by atoms with Gasteiger partial charge in [0.2, 0.25) is 0 Å². The number of nitrogens with zero attached hydrogens (tertiary/aromatic N) is 2. The number of hydrogen-bond donors (Lipinski definition) is 0. The first-order valence-corrected chi connectivity index (χ1v) is 15.8. The summed E-state index contributed by atoms with van der Waals surface area (Å²) in [6.45, 7) is 0. The minimum Gasteiger partial charge on any atom is -0.311 e. The molecule has 9 rings (SSSR count). The highest BCUT2D eigenvalue weighted by atomic mass is 15.1. The number of para-hydroxylation sites is 2.